The van der Waals surface area contributed by atoms with Gasteiger partial charge in [-0.3, -0.25) is 4.79 Å². The van der Waals surface area contributed by atoms with Crippen molar-refractivity contribution < 1.29 is 14.3 Å². The van der Waals surface area contributed by atoms with Gasteiger partial charge in [-0.05, 0) is 50.2 Å². The predicted molar refractivity (Wildman–Crippen MR) is 104 cm³/mol. The Kier molecular flexibility index (Phi) is 5.30. The summed E-state index contributed by atoms with van der Waals surface area (Å²) in [5.74, 6) is -0.591. The van der Waals surface area contributed by atoms with Gasteiger partial charge in [0.1, 0.15) is 5.56 Å². The molecule has 7 heteroatoms. The van der Waals surface area contributed by atoms with Gasteiger partial charge in [-0.1, -0.05) is 0 Å². The number of amides is 1. The number of aryl methyl sites for hydroxylation is 1. The molecule has 0 spiro atoms. The molecule has 0 saturated heterocycles. The maximum atomic E-state index is 12.4. The first-order chi connectivity index (χ1) is 13.0. The monoisotopic (exact) mass is 364 g/mol. The molecule has 0 atom stereocenters. The third-order valence-corrected chi connectivity index (χ3v) is 3.84. The van der Waals surface area contributed by atoms with Crippen molar-refractivity contribution >= 4 is 40.0 Å². The van der Waals surface area contributed by atoms with Crippen LogP contribution in [0.25, 0.3) is 11.0 Å². The van der Waals surface area contributed by atoms with E-state index in [4.69, 9.17) is 4.74 Å². The Balaban J connectivity index is 2.03. The van der Waals surface area contributed by atoms with Crippen molar-refractivity contribution in [1.82, 2.24) is 9.97 Å². The van der Waals surface area contributed by atoms with Crippen LogP contribution in [-0.4, -0.2) is 28.5 Å². The van der Waals surface area contributed by atoms with Gasteiger partial charge >= 0.3 is 5.97 Å². The zero-order valence-electron chi connectivity index (χ0n) is 15.4. The second kappa shape index (κ2) is 7.82. The number of nitrogens with zero attached hydrogens (tertiary/aromatic N) is 2. The molecule has 0 aliphatic heterocycles. The van der Waals surface area contributed by atoms with Crippen LogP contribution in [0, 0.1) is 6.92 Å². The van der Waals surface area contributed by atoms with E-state index in [1.54, 1.807) is 19.1 Å². The molecule has 0 bridgehead atoms. The summed E-state index contributed by atoms with van der Waals surface area (Å²) >= 11 is 0. The number of nitrogens with one attached hydrogen (secondary N) is 2. The molecule has 2 aromatic heterocycles. The average Bonchev–Trinajstić information content (AvgIpc) is 2.63. The molecular formula is C20H20N4O3. The number of rotatable bonds is 5. The smallest absolute Gasteiger partial charge is 0.341 e. The van der Waals surface area contributed by atoms with Crippen LogP contribution < -0.4 is 10.6 Å². The van der Waals surface area contributed by atoms with Gasteiger partial charge in [0.25, 0.3) is 0 Å². The highest BCUT2D eigenvalue weighted by Crippen LogP contribution is 2.29. The maximum absolute atomic E-state index is 12.4. The second-order valence-electron chi connectivity index (χ2n) is 5.97. The van der Waals surface area contributed by atoms with E-state index in [1.807, 2.05) is 31.2 Å². The highest BCUT2D eigenvalue weighted by atomic mass is 16.5. The quantitative estimate of drug-likeness (QED) is 0.669. The number of hydrogen-bond donors (Lipinski definition) is 2. The molecule has 7 nitrogen and oxygen atoms in total. The minimum atomic E-state index is -0.454. The topological polar surface area (TPSA) is 93.2 Å². The summed E-state index contributed by atoms with van der Waals surface area (Å²) < 4.78 is 5.15. The number of carbonyl (C=O) groups is 2. The highest BCUT2D eigenvalue weighted by Gasteiger charge is 2.17. The van der Waals surface area contributed by atoms with Crippen molar-refractivity contribution in [3.63, 3.8) is 0 Å². The van der Waals surface area contributed by atoms with Gasteiger partial charge in [-0.2, -0.15) is 0 Å². The van der Waals surface area contributed by atoms with Crippen LogP contribution in [0.5, 0.6) is 0 Å². The molecule has 2 heterocycles. The fourth-order valence-electron chi connectivity index (χ4n) is 2.65. The normalized spacial score (nSPS) is 10.5. The van der Waals surface area contributed by atoms with Gasteiger partial charge in [0.05, 0.1) is 12.3 Å². The minimum absolute atomic E-state index is 0.137. The van der Waals surface area contributed by atoms with E-state index in [0.29, 0.717) is 22.6 Å². The summed E-state index contributed by atoms with van der Waals surface area (Å²) in [5.41, 5.74) is 3.74. The zero-order chi connectivity index (χ0) is 19.4. The molecule has 3 rings (SSSR count). The van der Waals surface area contributed by atoms with E-state index in [0.717, 1.165) is 16.8 Å². The number of carbonyl (C=O) groups excluding carboxylic acids is 2. The molecule has 3 aromatic rings. The zero-order valence-corrected chi connectivity index (χ0v) is 15.4. The van der Waals surface area contributed by atoms with Gasteiger partial charge in [-0.15, -0.1) is 0 Å². The molecule has 138 valence electrons. The molecule has 1 aromatic carbocycles. The molecule has 1 amide bonds. The predicted octanol–water partition coefficient (Wildman–Crippen LogP) is 3.82. The van der Waals surface area contributed by atoms with Gasteiger partial charge < -0.3 is 15.4 Å². The average molecular weight is 364 g/mol. The van der Waals surface area contributed by atoms with Crippen LogP contribution in [0.1, 0.15) is 29.9 Å². The van der Waals surface area contributed by atoms with Crippen molar-refractivity contribution in [3.8, 4) is 0 Å². The third-order valence-electron chi connectivity index (χ3n) is 3.84. The van der Waals surface area contributed by atoms with Crippen molar-refractivity contribution in [3.05, 3.63) is 53.9 Å². The SMILES string of the molecule is CCOC(=O)c1cnc2nc(C)ccc2c1Nc1ccc(NC(C)=O)cc1. The Hall–Kier alpha value is -3.48. The number of pyridine rings is 2. The van der Waals surface area contributed by atoms with Crippen LogP contribution in [0.3, 0.4) is 0 Å². The minimum Gasteiger partial charge on any atom is -0.462 e. The van der Waals surface area contributed by atoms with Gasteiger partial charge in [0.15, 0.2) is 5.65 Å². The first-order valence-electron chi connectivity index (χ1n) is 8.56. The third kappa shape index (κ3) is 4.20. The molecule has 0 unspecified atom stereocenters. The van der Waals surface area contributed by atoms with Crippen LogP contribution in [-0.2, 0) is 9.53 Å². The van der Waals surface area contributed by atoms with Crippen molar-refractivity contribution in [2.45, 2.75) is 20.8 Å². The van der Waals surface area contributed by atoms with Crippen molar-refractivity contribution in [2.24, 2.45) is 0 Å². The Labute approximate surface area is 156 Å². The number of benzene rings is 1. The summed E-state index contributed by atoms with van der Waals surface area (Å²) in [6.07, 6.45) is 1.47. The lowest BCUT2D eigenvalue weighted by Gasteiger charge is -2.14. The highest BCUT2D eigenvalue weighted by molar-refractivity contribution is 6.05. The number of ether oxygens (including phenoxy) is 1. The van der Waals surface area contributed by atoms with Crippen LogP contribution in [0.4, 0.5) is 17.1 Å². The first-order valence-corrected chi connectivity index (χ1v) is 8.56. The Bertz CT molecular complexity index is 1000. The summed E-state index contributed by atoms with van der Waals surface area (Å²) in [5, 5.41) is 6.70. The summed E-state index contributed by atoms with van der Waals surface area (Å²) in [6.45, 7) is 5.36. The Morgan fingerprint density at radius 1 is 1.07 bits per heavy atom. The largest absolute Gasteiger partial charge is 0.462 e. The second-order valence-corrected chi connectivity index (χ2v) is 5.97. The van der Waals surface area contributed by atoms with E-state index >= 15 is 0 Å². The van der Waals surface area contributed by atoms with E-state index in [-0.39, 0.29) is 12.5 Å². The fraction of sp³-hybridized carbons (Fsp3) is 0.200. The summed E-state index contributed by atoms with van der Waals surface area (Å²) in [7, 11) is 0. The molecule has 0 aliphatic carbocycles. The lowest BCUT2D eigenvalue weighted by molar-refractivity contribution is -0.114. The van der Waals surface area contributed by atoms with Crippen LogP contribution >= 0.6 is 0 Å². The number of hydrogen-bond acceptors (Lipinski definition) is 6. The summed E-state index contributed by atoms with van der Waals surface area (Å²) in [6, 6.07) is 10.9. The first kappa shape index (κ1) is 18.3. The molecule has 2 N–H and O–H groups in total. The fourth-order valence-corrected chi connectivity index (χ4v) is 2.65. The number of fused-ring (bicyclic) bond motifs is 1. The molecule has 0 fully saturated rings. The Morgan fingerprint density at radius 3 is 2.44 bits per heavy atom. The molecule has 0 aliphatic rings. The van der Waals surface area contributed by atoms with E-state index in [9.17, 15) is 9.59 Å². The molecule has 0 radical (unpaired) electrons. The van der Waals surface area contributed by atoms with E-state index < -0.39 is 5.97 Å². The van der Waals surface area contributed by atoms with Crippen LogP contribution in [0.15, 0.2) is 42.6 Å². The van der Waals surface area contributed by atoms with E-state index in [2.05, 4.69) is 20.6 Å². The lowest BCUT2D eigenvalue weighted by Crippen LogP contribution is -2.10. The van der Waals surface area contributed by atoms with Gasteiger partial charge in [0.2, 0.25) is 5.91 Å². The summed E-state index contributed by atoms with van der Waals surface area (Å²) in [4.78, 5) is 32.2. The molecular weight excluding hydrogens is 344 g/mol. The lowest BCUT2D eigenvalue weighted by atomic mass is 10.1. The molecule has 27 heavy (non-hydrogen) atoms. The Morgan fingerprint density at radius 2 is 1.78 bits per heavy atom. The van der Waals surface area contributed by atoms with Crippen LogP contribution in [0.2, 0.25) is 0 Å². The van der Waals surface area contributed by atoms with Gasteiger partial charge in [-0.25, -0.2) is 14.8 Å². The van der Waals surface area contributed by atoms with Crippen molar-refractivity contribution in [2.75, 3.05) is 17.2 Å². The van der Waals surface area contributed by atoms with E-state index in [1.165, 1.54) is 13.1 Å². The number of aromatic nitrogens is 2. The maximum Gasteiger partial charge on any atom is 0.341 e. The number of esters is 1. The van der Waals surface area contributed by atoms with Gasteiger partial charge in [0, 0.05) is 35.6 Å². The molecule has 0 saturated carbocycles. The number of anilines is 3. The van der Waals surface area contributed by atoms with Crippen molar-refractivity contribution in [1.29, 1.82) is 0 Å². The standard InChI is InChI=1S/C20H20N4O3/c1-4-27-20(26)17-11-21-19-16(10-5-12(2)22-19)18(17)24-15-8-6-14(7-9-15)23-13(3)25/h5-11H,4H2,1-3H3,(H,23,25)(H,21,22,24).